The van der Waals surface area contributed by atoms with Gasteiger partial charge in [-0.25, -0.2) is 0 Å². The third-order valence-electron chi connectivity index (χ3n) is 3.57. The second-order valence-electron chi connectivity index (χ2n) is 4.92. The van der Waals surface area contributed by atoms with Gasteiger partial charge in [-0.05, 0) is 46.1 Å². The number of rotatable bonds is 3. The van der Waals surface area contributed by atoms with Gasteiger partial charge in [0.1, 0.15) is 0 Å². The van der Waals surface area contributed by atoms with E-state index >= 15 is 0 Å². The van der Waals surface area contributed by atoms with Gasteiger partial charge in [0.2, 0.25) is 5.91 Å². The van der Waals surface area contributed by atoms with Crippen molar-refractivity contribution in [3.8, 4) is 0 Å². The summed E-state index contributed by atoms with van der Waals surface area (Å²) in [5.74, 6) is 0.130. The lowest BCUT2D eigenvalue weighted by atomic mass is 10.1. The first kappa shape index (κ1) is 13.5. The summed E-state index contributed by atoms with van der Waals surface area (Å²) < 4.78 is 2.68. The van der Waals surface area contributed by atoms with E-state index in [1.54, 1.807) is 6.20 Å². The van der Waals surface area contributed by atoms with Crippen LogP contribution in [0.4, 0.5) is 0 Å². The van der Waals surface area contributed by atoms with Crippen molar-refractivity contribution in [3.05, 3.63) is 52.0 Å². The van der Waals surface area contributed by atoms with Gasteiger partial charge in [0, 0.05) is 43.5 Å². The van der Waals surface area contributed by atoms with Crippen LogP contribution in [0.25, 0.3) is 0 Å². The summed E-state index contributed by atoms with van der Waals surface area (Å²) in [4.78, 5) is 16.7. The predicted molar refractivity (Wildman–Crippen MR) is 80.7 cm³/mol. The zero-order chi connectivity index (χ0) is 13.9. The Morgan fingerprint density at radius 1 is 1.45 bits per heavy atom. The molecule has 0 fully saturated rings. The smallest absolute Gasteiger partial charge is 0.232 e. The maximum absolute atomic E-state index is 12.5. The van der Waals surface area contributed by atoms with Crippen molar-refractivity contribution >= 4 is 21.8 Å². The molecule has 1 N–H and O–H groups in total. The highest BCUT2D eigenvalue weighted by Gasteiger charge is 2.20. The van der Waals surface area contributed by atoms with E-state index in [0.717, 1.165) is 35.5 Å². The third kappa shape index (κ3) is 2.69. The molecule has 5 heteroatoms. The predicted octanol–water partition coefficient (Wildman–Crippen LogP) is 2.56. The van der Waals surface area contributed by atoms with Crippen molar-refractivity contribution in [2.45, 2.75) is 25.8 Å². The molecule has 0 saturated carbocycles. The number of aryl methyl sites for hydroxylation is 1. The number of carbonyl (C=O) groups excluding carboxylic acids is 1. The molecule has 2 aromatic heterocycles. The first-order valence-electron chi connectivity index (χ1n) is 6.78. The van der Waals surface area contributed by atoms with Crippen LogP contribution in [0, 0.1) is 0 Å². The minimum atomic E-state index is 0.130. The lowest BCUT2D eigenvalue weighted by Gasteiger charge is -2.16. The first-order valence-corrected chi connectivity index (χ1v) is 7.58. The molecule has 0 unspecified atom stereocenters. The molecule has 3 rings (SSSR count). The number of hydrogen-bond acceptors (Lipinski definition) is 3. The summed E-state index contributed by atoms with van der Waals surface area (Å²) in [7, 11) is 0. The number of nitrogens with zero attached hydrogens (tertiary/aromatic N) is 2. The molecular formula is C15H16BrN3O. The van der Waals surface area contributed by atoms with Gasteiger partial charge in [0.15, 0.2) is 0 Å². The highest BCUT2D eigenvalue weighted by atomic mass is 79.9. The molecule has 3 heterocycles. The van der Waals surface area contributed by atoms with Crippen LogP contribution >= 0.6 is 15.9 Å². The Kier molecular flexibility index (Phi) is 3.98. The summed E-state index contributed by atoms with van der Waals surface area (Å²) in [5, 5.41) is 3.32. The summed E-state index contributed by atoms with van der Waals surface area (Å²) in [6, 6.07) is 7.83. The van der Waals surface area contributed by atoms with Crippen molar-refractivity contribution in [3.63, 3.8) is 0 Å². The number of carbonyl (C=O) groups is 1. The number of nitrogens with one attached hydrogen (secondary N) is 1. The van der Waals surface area contributed by atoms with Crippen molar-refractivity contribution in [2.75, 3.05) is 6.54 Å². The minimum absolute atomic E-state index is 0.130. The monoisotopic (exact) mass is 333 g/mol. The fraction of sp³-hybridized carbons (Fsp3) is 0.333. The minimum Gasteiger partial charge on any atom is -0.312 e. The molecule has 20 heavy (non-hydrogen) atoms. The average Bonchev–Trinajstić information content (AvgIpc) is 2.82. The number of halogens is 1. The van der Waals surface area contributed by atoms with Crippen LogP contribution in [0.1, 0.15) is 28.2 Å². The van der Waals surface area contributed by atoms with Gasteiger partial charge < -0.3 is 5.32 Å². The Hall–Kier alpha value is -1.46. The first-order chi connectivity index (χ1) is 9.75. The van der Waals surface area contributed by atoms with E-state index in [9.17, 15) is 4.79 Å². The van der Waals surface area contributed by atoms with Crippen LogP contribution < -0.4 is 5.32 Å². The van der Waals surface area contributed by atoms with Crippen LogP contribution in [0.5, 0.6) is 0 Å². The fourth-order valence-corrected chi connectivity index (χ4v) is 3.27. The Labute approximate surface area is 126 Å². The SMILES string of the molecule is O=C(CCc1ccccn1)n1c(Br)cc2c1CCNC2. The molecule has 2 aromatic rings. The van der Waals surface area contributed by atoms with Gasteiger partial charge in [-0.2, -0.15) is 0 Å². The molecule has 0 radical (unpaired) electrons. The molecule has 0 aromatic carbocycles. The Morgan fingerprint density at radius 3 is 3.15 bits per heavy atom. The van der Waals surface area contributed by atoms with Gasteiger partial charge in [0.25, 0.3) is 0 Å². The van der Waals surface area contributed by atoms with Crippen LogP contribution in [-0.4, -0.2) is 22.0 Å². The van der Waals surface area contributed by atoms with E-state index in [4.69, 9.17) is 0 Å². The summed E-state index contributed by atoms with van der Waals surface area (Å²) >= 11 is 3.50. The molecular weight excluding hydrogens is 318 g/mol. The number of fused-ring (bicyclic) bond motifs is 1. The molecule has 0 aliphatic carbocycles. The molecule has 0 saturated heterocycles. The Morgan fingerprint density at radius 2 is 2.35 bits per heavy atom. The quantitative estimate of drug-likeness (QED) is 0.938. The van der Waals surface area contributed by atoms with Crippen molar-refractivity contribution in [1.29, 1.82) is 0 Å². The average molecular weight is 334 g/mol. The standard InChI is InChI=1S/C15H16BrN3O/c16-14-9-11-10-17-8-6-13(11)19(14)15(20)5-4-12-3-1-2-7-18-12/h1-3,7,9,17H,4-6,8,10H2. The summed E-state index contributed by atoms with van der Waals surface area (Å²) in [6.07, 6.45) is 3.82. The third-order valence-corrected chi connectivity index (χ3v) is 4.16. The molecule has 0 amide bonds. The van der Waals surface area contributed by atoms with Crippen molar-refractivity contribution in [1.82, 2.24) is 14.9 Å². The lowest BCUT2D eigenvalue weighted by molar-refractivity contribution is 0.0896. The van der Waals surface area contributed by atoms with E-state index in [0.29, 0.717) is 12.8 Å². The van der Waals surface area contributed by atoms with E-state index in [1.807, 2.05) is 28.8 Å². The van der Waals surface area contributed by atoms with Gasteiger partial charge >= 0.3 is 0 Å². The topological polar surface area (TPSA) is 46.9 Å². The molecule has 0 atom stereocenters. The Bertz CT molecular complexity index is 622. The molecule has 4 nitrogen and oxygen atoms in total. The van der Waals surface area contributed by atoms with Crippen molar-refractivity contribution in [2.24, 2.45) is 0 Å². The van der Waals surface area contributed by atoms with Gasteiger partial charge in [-0.3, -0.25) is 14.3 Å². The van der Waals surface area contributed by atoms with Crippen LogP contribution in [-0.2, 0) is 19.4 Å². The highest BCUT2D eigenvalue weighted by molar-refractivity contribution is 9.10. The molecule has 0 bridgehead atoms. The van der Waals surface area contributed by atoms with E-state index in [2.05, 4.69) is 26.2 Å². The maximum Gasteiger partial charge on any atom is 0.232 e. The normalized spacial score (nSPS) is 14.1. The molecule has 0 spiro atoms. The second-order valence-corrected chi connectivity index (χ2v) is 5.73. The maximum atomic E-state index is 12.5. The Balaban J connectivity index is 1.76. The summed E-state index contributed by atoms with van der Waals surface area (Å²) in [5.41, 5.74) is 3.32. The van der Waals surface area contributed by atoms with Crippen LogP contribution in [0.2, 0.25) is 0 Å². The fourth-order valence-electron chi connectivity index (χ4n) is 2.58. The molecule has 1 aliphatic heterocycles. The zero-order valence-corrected chi connectivity index (χ0v) is 12.7. The van der Waals surface area contributed by atoms with Crippen LogP contribution in [0.15, 0.2) is 35.1 Å². The van der Waals surface area contributed by atoms with E-state index < -0.39 is 0 Å². The van der Waals surface area contributed by atoms with Gasteiger partial charge in [-0.1, -0.05) is 6.07 Å². The molecule has 104 valence electrons. The lowest BCUT2D eigenvalue weighted by Crippen LogP contribution is -2.26. The number of pyridine rings is 1. The number of hydrogen-bond donors (Lipinski definition) is 1. The van der Waals surface area contributed by atoms with Gasteiger partial charge in [-0.15, -0.1) is 0 Å². The number of aromatic nitrogens is 2. The van der Waals surface area contributed by atoms with Crippen molar-refractivity contribution < 1.29 is 4.79 Å². The zero-order valence-electron chi connectivity index (χ0n) is 11.1. The van der Waals surface area contributed by atoms with Crippen LogP contribution in [0.3, 0.4) is 0 Å². The molecule has 1 aliphatic rings. The highest BCUT2D eigenvalue weighted by Crippen LogP contribution is 2.24. The summed E-state index contributed by atoms with van der Waals surface area (Å²) in [6.45, 7) is 1.77. The second kappa shape index (κ2) is 5.89. The largest absolute Gasteiger partial charge is 0.312 e. The van der Waals surface area contributed by atoms with Gasteiger partial charge in [0.05, 0.1) is 4.60 Å². The van der Waals surface area contributed by atoms with E-state index in [-0.39, 0.29) is 5.91 Å². The van der Waals surface area contributed by atoms with E-state index in [1.165, 1.54) is 5.56 Å².